The van der Waals surface area contributed by atoms with Crippen molar-refractivity contribution < 1.29 is 0 Å². The van der Waals surface area contributed by atoms with Crippen LogP contribution in [0.4, 0.5) is 0 Å². The molecule has 1 rings (SSSR count). The molecule has 1 heterocycles. The molecule has 0 unspecified atom stereocenters. The fourth-order valence-corrected chi connectivity index (χ4v) is 2.80. The Labute approximate surface area is 93.4 Å². The van der Waals surface area contributed by atoms with Gasteiger partial charge in [0.2, 0.25) is 0 Å². The zero-order valence-corrected chi connectivity index (χ0v) is 10.3. The highest BCUT2D eigenvalue weighted by Gasteiger charge is 2.07. The molecule has 0 aliphatic carbocycles. The lowest BCUT2D eigenvalue weighted by Crippen LogP contribution is -1.88. The summed E-state index contributed by atoms with van der Waals surface area (Å²) in [6, 6.07) is 2.17. The van der Waals surface area contributed by atoms with E-state index in [0.29, 0.717) is 11.7 Å². The van der Waals surface area contributed by atoms with E-state index in [9.17, 15) is 0 Å². The summed E-state index contributed by atoms with van der Waals surface area (Å²) in [7, 11) is 0. The second-order valence-electron chi connectivity index (χ2n) is 3.31. The van der Waals surface area contributed by atoms with E-state index >= 15 is 0 Å². The predicted molar refractivity (Wildman–Crippen MR) is 62.6 cm³/mol. The highest BCUT2D eigenvalue weighted by atomic mass is 32.2. The van der Waals surface area contributed by atoms with Gasteiger partial charge in [-0.1, -0.05) is 13.8 Å². The highest BCUT2D eigenvalue weighted by molar-refractivity contribution is 7.99. The number of hydrogen-bond donors (Lipinski definition) is 0. The van der Waals surface area contributed by atoms with Gasteiger partial charge in [-0.15, -0.1) is 11.3 Å². The quantitative estimate of drug-likeness (QED) is 0.791. The summed E-state index contributed by atoms with van der Waals surface area (Å²) in [5.74, 6) is 0.967. The second-order valence-corrected chi connectivity index (χ2v) is 6.04. The summed E-state index contributed by atoms with van der Waals surface area (Å²) < 4.78 is 0. The lowest BCUT2D eigenvalue weighted by molar-refractivity contribution is 1.10. The Hall–Kier alpha value is -0.530. The fraction of sp³-hybridized carbons (Fsp3) is 0.600. The van der Waals surface area contributed by atoms with Gasteiger partial charge in [0.1, 0.15) is 5.01 Å². The molecule has 0 spiro atoms. The molecule has 1 aromatic rings. The van der Waals surface area contributed by atoms with Crippen LogP contribution in [0.2, 0.25) is 0 Å². The molecule has 1 aromatic heterocycles. The van der Waals surface area contributed by atoms with E-state index in [1.165, 1.54) is 0 Å². The van der Waals surface area contributed by atoms with Gasteiger partial charge >= 0.3 is 0 Å². The highest BCUT2D eigenvalue weighted by Crippen LogP contribution is 2.24. The molecule has 2 nitrogen and oxygen atoms in total. The number of nitrogens with zero attached hydrogens (tertiary/aromatic N) is 2. The molecule has 14 heavy (non-hydrogen) atoms. The molecule has 0 fully saturated rings. The van der Waals surface area contributed by atoms with Crippen LogP contribution in [0.1, 0.15) is 29.4 Å². The molecule has 0 N–H and O–H groups in total. The maximum Gasteiger partial charge on any atom is 0.103 e. The van der Waals surface area contributed by atoms with Crippen molar-refractivity contribution in [2.75, 3.05) is 0 Å². The standard InChI is InChI=1S/C10H14N2S2/c1-7(2)13-6-10-12-8(3)9(14-10)4-5-11/h7H,4,6H2,1-3H3. The monoisotopic (exact) mass is 226 g/mol. The van der Waals surface area contributed by atoms with E-state index in [4.69, 9.17) is 5.26 Å². The van der Waals surface area contributed by atoms with Gasteiger partial charge < -0.3 is 0 Å². The Morgan fingerprint density at radius 2 is 2.29 bits per heavy atom. The van der Waals surface area contributed by atoms with Crippen molar-refractivity contribution in [3.8, 4) is 6.07 Å². The molecule has 4 heteroatoms. The first-order chi connectivity index (χ1) is 6.63. The van der Waals surface area contributed by atoms with Crippen LogP contribution in [0.5, 0.6) is 0 Å². The summed E-state index contributed by atoms with van der Waals surface area (Å²) in [6.45, 7) is 6.34. The number of aryl methyl sites for hydroxylation is 1. The molecular weight excluding hydrogens is 212 g/mol. The molecule has 0 bridgehead atoms. The predicted octanol–water partition coefficient (Wildman–Crippen LogP) is 3.16. The minimum Gasteiger partial charge on any atom is -0.245 e. The van der Waals surface area contributed by atoms with Crippen LogP contribution < -0.4 is 0 Å². The molecule has 0 aliphatic rings. The molecular formula is C10H14N2S2. The zero-order valence-electron chi connectivity index (χ0n) is 8.70. The maximum absolute atomic E-state index is 8.60. The number of rotatable bonds is 4. The summed E-state index contributed by atoms with van der Waals surface area (Å²) in [6.07, 6.45) is 0.496. The van der Waals surface area contributed by atoms with Crippen LogP contribution >= 0.6 is 23.1 Å². The number of thioether (sulfide) groups is 1. The first-order valence-electron chi connectivity index (χ1n) is 4.57. The van der Waals surface area contributed by atoms with Crippen molar-refractivity contribution >= 4 is 23.1 Å². The van der Waals surface area contributed by atoms with Crippen molar-refractivity contribution in [1.29, 1.82) is 5.26 Å². The molecule has 0 saturated heterocycles. The van der Waals surface area contributed by atoms with E-state index in [1.807, 2.05) is 18.7 Å². The minimum atomic E-state index is 0.496. The van der Waals surface area contributed by atoms with Gasteiger partial charge in [0.05, 0.1) is 18.2 Å². The lowest BCUT2D eigenvalue weighted by atomic mass is 10.3. The smallest absolute Gasteiger partial charge is 0.103 e. The van der Waals surface area contributed by atoms with E-state index in [1.54, 1.807) is 11.3 Å². The van der Waals surface area contributed by atoms with Crippen molar-refractivity contribution in [3.05, 3.63) is 15.6 Å². The van der Waals surface area contributed by atoms with Gasteiger partial charge in [-0.05, 0) is 12.2 Å². The van der Waals surface area contributed by atoms with Crippen molar-refractivity contribution in [2.45, 2.75) is 38.2 Å². The Kier molecular flexibility index (Phi) is 4.43. The molecule has 0 aromatic carbocycles. The molecule has 0 saturated carbocycles. The van der Waals surface area contributed by atoms with Gasteiger partial charge in [0, 0.05) is 10.6 Å². The van der Waals surface area contributed by atoms with Crippen LogP contribution in [-0.2, 0) is 12.2 Å². The Bertz CT molecular complexity index is 336. The van der Waals surface area contributed by atoms with Crippen LogP contribution in [0, 0.1) is 18.3 Å². The third-order valence-electron chi connectivity index (χ3n) is 1.72. The van der Waals surface area contributed by atoms with E-state index in [2.05, 4.69) is 24.9 Å². The van der Waals surface area contributed by atoms with Crippen molar-refractivity contribution in [1.82, 2.24) is 4.98 Å². The van der Waals surface area contributed by atoms with Crippen molar-refractivity contribution in [2.24, 2.45) is 0 Å². The van der Waals surface area contributed by atoms with Crippen LogP contribution in [0.25, 0.3) is 0 Å². The van der Waals surface area contributed by atoms with E-state index in [0.717, 1.165) is 21.3 Å². The fourth-order valence-electron chi connectivity index (χ4n) is 1.02. The van der Waals surface area contributed by atoms with Crippen LogP contribution in [0.3, 0.4) is 0 Å². The Morgan fingerprint density at radius 3 is 2.86 bits per heavy atom. The average Bonchev–Trinajstić information content (AvgIpc) is 2.45. The van der Waals surface area contributed by atoms with Crippen LogP contribution in [0.15, 0.2) is 0 Å². The van der Waals surface area contributed by atoms with Gasteiger partial charge in [-0.2, -0.15) is 17.0 Å². The van der Waals surface area contributed by atoms with Gasteiger partial charge in [-0.25, -0.2) is 4.98 Å². The second kappa shape index (κ2) is 5.38. The summed E-state index contributed by atoms with van der Waals surface area (Å²) >= 11 is 3.56. The first-order valence-corrected chi connectivity index (χ1v) is 6.43. The number of hydrogen-bond acceptors (Lipinski definition) is 4. The van der Waals surface area contributed by atoms with Gasteiger partial charge in [-0.3, -0.25) is 0 Å². The molecule has 76 valence electrons. The van der Waals surface area contributed by atoms with Crippen LogP contribution in [-0.4, -0.2) is 10.2 Å². The molecule has 0 aliphatic heterocycles. The number of aromatic nitrogens is 1. The van der Waals surface area contributed by atoms with Gasteiger partial charge in [0.25, 0.3) is 0 Å². The average molecular weight is 226 g/mol. The third kappa shape index (κ3) is 3.32. The summed E-state index contributed by atoms with van der Waals surface area (Å²) in [4.78, 5) is 5.57. The van der Waals surface area contributed by atoms with Crippen molar-refractivity contribution in [3.63, 3.8) is 0 Å². The van der Waals surface area contributed by atoms with E-state index in [-0.39, 0.29) is 0 Å². The SMILES string of the molecule is Cc1nc(CSC(C)C)sc1CC#N. The van der Waals surface area contributed by atoms with Gasteiger partial charge in [0.15, 0.2) is 0 Å². The molecule has 0 atom stereocenters. The normalized spacial score (nSPS) is 10.5. The number of nitriles is 1. The Balaban J connectivity index is 2.62. The number of thiazole rings is 1. The summed E-state index contributed by atoms with van der Waals surface area (Å²) in [5.41, 5.74) is 1.02. The lowest BCUT2D eigenvalue weighted by Gasteiger charge is -2.00. The molecule has 0 radical (unpaired) electrons. The minimum absolute atomic E-state index is 0.496. The third-order valence-corrected chi connectivity index (χ3v) is 4.16. The zero-order chi connectivity index (χ0) is 10.6. The van der Waals surface area contributed by atoms with E-state index < -0.39 is 0 Å². The summed E-state index contributed by atoms with van der Waals surface area (Å²) in [5, 5.41) is 10.4. The maximum atomic E-state index is 8.60. The first kappa shape index (κ1) is 11.5. The molecule has 0 amide bonds. The topological polar surface area (TPSA) is 36.7 Å². The largest absolute Gasteiger partial charge is 0.245 e. The Morgan fingerprint density at radius 1 is 1.57 bits per heavy atom.